The van der Waals surface area contributed by atoms with Gasteiger partial charge in [-0.05, 0) is 23.8 Å². The van der Waals surface area contributed by atoms with Crippen molar-refractivity contribution in [2.24, 2.45) is 5.10 Å². The van der Waals surface area contributed by atoms with E-state index >= 15 is 0 Å². The van der Waals surface area contributed by atoms with Crippen LogP contribution in [0.25, 0.3) is 4.96 Å². The highest BCUT2D eigenvalue weighted by Crippen LogP contribution is 2.31. The van der Waals surface area contributed by atoms with Gasteiger partial charge in [-0.2, -0.15) is 5.10 Å². The number of amides is 1. The van der Waals surface area contributed by atoms with Gasteiger partial charge in [0.2, 0.25) is 12.7 Å². The first-order valence-corrected chi connectivity index (χ1v) is 7.78. The second-order valence-corrected chi connectivity index (χ2v) is 5.78. The molecule has 1 aliphatic rings. The number of benzene rings is 1. The summed E-state index contributed by atoms with van der Waals surface area (Å²) in [6.07, 6.45) is 5.50. The summed E-state index contributed by atoms with van der Waals surface area (Å²) < 4.78 is 12.4. The zero-order valence-corrected chi connectivity index (χ0v) is 12.7. The van der Waals surface area contributed by atoms with E-state index in [1.165, 1.54) is 11.3 Å². The molecule has 3 aromatic rings. The lowest BCUT2D eigenvalue weighted by Gasteiger charge is -1.98. The zero-order chi connectivity index (χ0) is 15.6. The largest absolute Gasteiger partial charge is 0.454 e. The molecule has 1 N–H and O–H groups in total. The molecule has 1 amide bonds. The minimum atomic E-state index is -0.215. The molecule has 0 saturated heterocycles. The lowest BCUT2D eigenvalue weighted by Crippen LogP contribution is -2.19. The van der Waals surface area contributed by atoms with Crippen molar-refractivity contribution in [1.29, 1.82) is 0 Å². The molecule has 0 atom stereocenters. The number of thiazole rings is 1. The SMILES string of the molecule is O=C(Cc1cn2ccsc2n1)N/N=C/c1ccc2c(c1)OCO2. The predicted molar refractivity (Wildman–Crippen MR) is 85.1 cm³/mol. The number of nitrogens with zero attached hydrogens (tertiary/aromatic N) is 3. The smallest absolute Gasteiger partial charge is 0.246 e. The minimum absolute atomic E-state index is 0.187. The van der Waals surface area contributed by atoms with Gasteiger partial charge in [0.05, 0.1) is 18.3 Å². The van der Waals surface area contributed by atoms with E-state index in [0.29, 0.717) is 17.2 Å². The molecular weight excluding hydrogens is 316 g/mol. The van der Waals surface area contributed by atoms with E-state index in [2.05, 4.69) is 15.5 Å². The van der Waals surface area contributed by atoms with E-state index in [4.69, 9.17) is 9.47 Å². The number of ether oxygens (including phenoxy) is 2. The third-order valence-electron chi connectivity index (χ3n) is 3.28. The van der Waals surface area contributed by atoms with Gasteiger partial charge in [0.1, 0.15) is 0 Å². The Morgan fingerprint density at radius 3 is 3.26 bits per heavy atom. The molecule has 1 aliphatic heterocycles. The van der Waals surface area contributed by atoms with Crippen LogP contribution in [0.4, 0.5) is 0 Å². The van der Waals surface area contributed by atoms with E-state index in [9.17, 15) is 4.79 Å². The lowest BCUT2D eigenvalue weighted by atomic mass is 10.2. The average Bonchev–Trinajstić information content (AvgIpc) is 3.21. The Morgan fingerprint density at radius 1 is 1.43 bits per heavy atom. The summed E-state index contributed by atoms with van der Waals surface area (Å²) in [4.78, 5) is 17.1. The molecule has 0 saturated carbocycles. The number of hydrogen-bond acceptors (Lipinski definition) is 6. The molecule has 1 aromatic carbocycles. The molecule has 3 heterocycles. The summed E-state index contributed by atoms with van der Waals surface area (Å²) in [5, 5.41) is 5.90. The maximum Gasteiger partial charge on any atom is 0.246 e. The van der Waals surface area contributed by atoms with E-state index < -0.39 is 0 Å². The fourth-order valence-corrected chi connectivity index (χ4v) is 2.96. The van der Waals surface area contributed by atoms with Crippen molar-refractivity contribution < 1.29 is 14.3 Å². The van der Waals surface area contributed by atoms with Gasteiger partial charge < -0.3 is 9.47 Å². The Bertz CT molecular complexity index is 871. The van der Waals surface area contributed by atoms with E-state index in [1.807, 2.05) is 40.4 Å². The van der Waals surface area contributed by atoms with Gasteiger partial charge in [0.15, 0.2) is 16.5 Å². The van der Waals surface area contributed by atoms with Crippen molar-refractivity contribution in [3.8, 4) is 11.5 Å². The number of aromatic nitrogens is 2. The summed E-state index contributed by atoms with van der Waals surface area (Å²) in [5.41, 5.74) is 4.03. The highest BCUT2D eigenvalue weighted by molar-refractivity contribution is 7.15. The van der Waals surface area contributed by atoms with Crippen molar-refractivity contribution >= 4 is 28.4 Å². The first-order valence-electron chi connectivity index (χ1n) is 6.90. The van der Waals surface area contributed by atoms with Crippen LogP contribution in [0.1, 0.15) is 11.3 Å². The molecule has 0 radical (unpaired) electrons. The molecular formula is C15H12N4O3S. The second-order valence-electron chi connectivity index (χ2n) is 4.91. The quantitative estimate of drug-likeness (QED) is 0.585. The van der Waals surface area contributed by atoms with Gasteiger partial charge in [-0.15, -0.1) is 11.3 Å². The average molecular weight is 328 g/mol. The van der Waals surface area contributed by atoms with Gasteiger partial charge in [0.25, 0.3) is 0 Å². The maximum atomic E-state index is 11.9. The monoisotopic (exact) mass is 328 g/mol. The van der Waals surface area contributed by atoms with E-state index in [1.54, 1.807) is 6.21 Å². The van der Waals surface area contributed by atoms with Gasteiger partial charge in [-0.1, -0.05) is 0 Å². The third kappa shape index (κ3) is 2.88. The van der Waals surface area contributed by atoms with Crippen LogP contribution in [0.3, 0.4) is 0 Å². The van der Waals surface area contributed by atoms with Gasteiger partial charge >= 0.3 is 0 Å². The van der Waals surface area contributed by atoms with Crippen molar-refractivity contribution in [3.63, 3.8) is 0 Å². The molecule has 0 spiro atoms. The zero-order valence-electron chi connectivity index (χ0n) is 11.9. The number of imidazole rings is 1. The van der Waals surface area contributed by atoms with Crippen LogP contribution in [0.15, 0.2) is 41.1 Å². The number of carbonyl (C=O) groups excluding carboxylic acids is 1. The van der Waals surface area contributed by atoms with Crippen LogP contribution in [-0.4, -0.2) is 28.3 Å². The van der Waals surface area contributed by atoms with Gasteiger partial charge in [0, 0.05) is 17.8 Å². The van der Waals surface area contributed by atoms with Gasteiger partial charge in [-0.3, -0.25) is 9.20 Å². The molecule has 0 fully saturated rings. The summed E-state index contributed by atoms with van der Waals surface area (Å²) in [6.45, 7) is 0.231. The Kier molecular flexibility index (Phi) is 3.43. The molecule has 0 bridgehead atoms. The molecule has 116 valence electrons. The summed E-state index contributed by atoms with van der Waals surface area (Å²) >= 11 is 1.53. The molecule has 0 unspecified atom stereocenters. The Hall–Kier alpha value is -2.87. The van der Waals surface area contributed by atoms with Crippen molar-refractivity contribution in [2.75, 3.05) is 6.79 Å². The molecule has 8 heteroatoms. The van der Waals surface area contributed by atoms with Crippen LogP contribution in [-0.2, 0) is 11.2 Å². The van der Waals surface area contributed by atoms with Crippen LogP contribution in [0, 0.1) is 0 Å². The Balaban J connectivity index is 1.36. The van der Waals surface area contributed by atoms with Crippen molar-refractivity contribution in [3.05, 3.63) is 47.2 Å². The van der Waals surface area contributed by atoms with Gasteiger partial charge in [-0.25, -0.2) is 10.4 Å². The number of hydrogen-bond donors (Lipinski definition) is 1. The number of nitrogens with one attached hydrogen (secondary N) is 1. The van der Waals surface area contributed by atoms with Crippen molar-refractivity contribution in [1.82, 2.24) is 14.8 Å². The third-order valence-corrected chi connectivity index (χ3v) is 4.06. The number of carbonyl (C=O) groups is 1. The Morgan fingerprint density at radius 2 is 2.35 bits per heavy atom. The van der Waals surface area contributed by atoms with Crippen LogP contribution in [0.5, 0.6) is 11.5 Å². The number of fused-ring (bicyclic) bond motifs is 2. The molecule has 4 rings (SSSR count). The highest BCUT2D eigenvalue weighted by Gasteiger charge is 2.12. The first-order chi connectivity index (χ1) is 11.3. The second kappa shape index (κ2) is 5.73. The van der Waals surface area contributed by atoms with E-state index in [-0.39, 0.29) is 19.1 Å². The van der Waals surface area contributed by atoms with Crippen LogP contribution in [0.2, 0.25) is 0 Å². The van der Waals surface area contributed by atoms with Crippen molar-refractivity contribution in [2.45, 2.75) is 6.42 Å². The normalized spacial score (nSPS) is 13.0. The predicted octanol–water partition coefficient (Wildman–Crippen LogP) is 1.82. The fraction of sp³-hybridized carbons (Fsp3) is 0.133. The lowest BCUT2D eigenvalue weighted by molar-refractivity contribution is -0.120. The summed E-state index contributed by atoms with van der Waals surface area (Å²) in [6, 6.07) is 5.46. The van der Waals surface area contributed by atoms with Crippen LogP contribution >= 0.6 is 11.3 Å². The number of rotatable bonds is 4. The van der Waals surface area contributed by atoms with Crippen LogP contribution < -0.4 is 14.9 Å². The number of hydrazone groups is 1. The maximum absolute atomic E-state index is 11.9. The van der Waals surface area contributed by atoms with E-state index in [0.717, 1.165) is 10.5 Å². The topological polar surface area (TPSA) is 77.2 Å². The molecule has 2 aromatic heterocycles. The molecule has 0 aliphatic carbocycles. The Labute approximate surface area is 135 Å². The first kappa shape index (κ1) is 13.8. The fourth-order valence-electron chi connectivity index (χ4n) is 2.24. The molecule has 23 heavy (non-hydrogen) atoms. The summed E-state index contributed by atoms with van der Waals surface area (Å²) in [7, 11) is 0. The summed E-state index contributed by atoms with van der Waals surface area (Å²) in [5.74, 6) is 1.18. The molecule has 7 nitrogen and oxygen atoms in total. The minimum Gasteiger partial charge on any atom is -0.454 e. The standard InChI is InChI=1S/C15H12N4O3S/c20-14(6-11-8-19-3-4-23-15(19)17-11)18-16-7-10-1-2-12-13(5-10)22-9-21-12/h1-5,7-8H,6,9H2,(H,18,20)/b16-7+. The highest BCUT2D eigenvalue weighted by atomic mass is 32.1.